The number of rotatable bonds is 12. The average Bonchev–Trinajstić information content (AvgIpc) is 2.79. The van der Waals surface area contributed by atoms with Gasteiger partial charge in [0, 0.05) is 20.0 Å². The number of hydrogen-bond donors (Lipinski definition) is 1. The van der Waals surface area contributed by atoms with E-state index < -0.39 is 6.04 Å². The summed E-state index contributed by atoms with van der Waals surface area (Å²) in [4.78, 5) is 27.0. The molecule has 0 spiro atoms. The van der Waals surface area contributed by atoms with Gasteiger partial charge in [0.15, 0.2) is 0 Å². The fourth-order valence-corrected chi connectivity index (χ4v) is 3.29. The number of likely N-dealkylation sites (N-methyl/N-ethyl adjacent to an activating group) is 1. The molecule has 30 heavy (non-hydrogen) atoms. The van der Waals surface area contributed by atoms with Crippen LogP contribution in [0.25, 0.3) is 0 Å². The van der Waals surface area contributed by atoms with Gasteiger partial charge in [0.25, 0.3) is 0 Å². The standard InChI is InChI=1S/C24H32N2O4/c1-4-22(24(28)25-2)26(17-16-19-9-6-5-7-10-19)23(27)11-8-18-30-21-14-12-20(29-3)13-15-21/h5-7,9-10,12-15,22H,4,8,11,16-18H2,1-3H3,(H,25,28)/t22-/m0/s1. The Hall–Kier alpha value is -3.02. The van der Waals surface area contributed by atoms with Crippen LogP contribution in [0.1, 0.15) is 31.7 Å². The van der Waals surface area contributed by atoms with Crippen molar-refractivity contribution in [2.75, 3.05) is 27.3 Å². The number of hydrogen-bond acceptors (Lipinski definition) is 4. The maximum absolute atomic E-state index is 13.0. The zero-order valence-electron chi connectivity index (χ0n) is 18.1. The minimum absolute atomic E-state index is 0.0280. The highest BCUT2D eigenvalue weighted by atomic mass is 16.5. The van der Waals surface area contributed by atoms with E-state index in [1.165, 1.54) is 0 Å². The largest absolute Gasteiger partial charge is 0.497 e. The van der Waals surface area contributed by atoms with Gasteiger partial charge < -0.3 is 19.7 Å². The molecule has 0 unspecified atom stereocenters. The summed E-state index contributed by atoms with van der Waals surface area (Å²) in [7, 11) is 3.22. The molecular formula is C24H32N2O4. The van der Waals surface area contributed by atoms with E-state index >= 15 is 0 Å². The monoisotopic (exact) mass is 412 g/mol. The Kier molecular flexibility index (Phi) is 9.71. The van der Waals surface area contributed by atoms with E-state index in [0.29, 0.717) is 38.8 Å². The summed E-state index contributed by atoms with van der Waals surface area (Å²) in [6.45, 7) is 2.87. The highest BCUT2D eigenvalue weighted by molar-refractivity contribution is 5.87. The first-order valence-electron chi connectivity index (χ1n) is 10.4. The fraction of sp³-hybridized carbons (Fsp3) is 0.417. The zero-order chi connectivity index (χ0) is 21.8. The molecule has 2 aromatic rings. The molecule has 0 saturated heterocycles. The zero-order valence-corrected chi connectivity index (χ0v) is 18.1. The molecule has 0 aromatic heterocycles. The number of nitrogens with zero attached hydrogens (tertiary/aromatic N) is 1. The molecule has 1 N–H and O–H groups in total. The van der Waals surface area contributed by atoms with Crippen LogP contribution in [0.5, 0.6) is 11.5 Å². The Morgan fingerprint density at radius 2 is 1.70 bits per heavy atom. The van der Waals surface area contributed by atoms with Gasteiger partial charge in [-0.05, 0) is 49.1 Å². The van der Waals surface area contributed by atoms with Gasteiger partial charge in [-0.1, -0.05) is 37.3 Å². The van der Waals surface area contributed by atoms with Crippen molar-refractivity contribution in [3.8, 4) is 11.5 Å². The maximum Gasteiger partial charge on any atom is 0.242 e. The van der Waals surface area contributed by atoms with Crippen LogP contribution in [0.3, 0.4) is 0 Å². The summed E-state index contributed by atoms with van der Waals surface area (Å²) < 4.78 is 10.8. The Balaban J connectivity index is 1.92. The lowest BCUT2D eigenvalue weighted by Crippen LogP contribution is -2.49. The number of ether oxygens (including phenoxy) is 2. The smallest absolute Gasteiger partial charge is 0.242 e. The number of carbonyl (C=O) groups excluding carboxylic acids is 2. The van der Waals surface area contributed by atoms with Crippen LogP contribution >= 0.6 is 0 Å². The maximum atomic E-state index is 13.0. The van der Waals surface area contributed by atoms with E-state index in [1.54, 1.807) is 19.1 Å². The Morgan fingerprint density at radius 3 is 2.30 bits per heavy atom. The molecule has 2 rings (SSSR count). The second kappa shape index (κ2) is 12.5. The van der Waals surface area contributed by atoms with Crippen molar-refractivity contribution in [1.29, 1.82) is 0 Å². The molecule has 1 atom stereocenters. The lowest BCUT2D eigenvalue weighted by atomic mass is 10.1. The van der Waals surface area contributed by atoms with Crippen molar-refractivity contribution >= 4 is 11.8 Å². The Morgan fingerprint density at radius 1 is 1.03 bits per heavy atom. The third-order valence-corrected chi connectivity index (χ3v) is 4.98. The summed E-state index contributed by atoms with van der Waals surface area (Å²) in [5, 5.41) is 2.68. The fourth-order valence-electron chi connectivity index (χ4n) is 3.29. The summed E-state index contributed by atoms with van der Waals surface area (Å²) in [6, 6.07) is 16.9. The molecule has 0 heterocycles. The average molecular weight is 413 g/mol. The minimum Gasteiger partial charge on any atom is -0.497 e. The number of benzene rings is 2. The van der Waals surface area contributed by atoms with Gasteiger partial charge >= 0.3 is 0 Å². The second-order valence-electron chi connectivity index (χ2n) is 6.99. The summed E-state index contributed by atoms with van der Waals surface area (Å²) in [5.41, 5.74) is 1.14. The van der Waals surface area contributed by atoms with Crippen LogP contribution in [-0.4, -0.2) is 50.1 Å². The van der Waals surface area contributed by atoms with E-state index in [2.05, 4.69) is 5.32 Å². The number of methoxy groups -OCH3 is 1. The molecule has 0 bridgehead atoms. The second-order valence-corrected chi connectivity index (χ2v) is 6.99. The first-order valence-corrected chi connectivity index (χ1v) is 10.4. The number of nitrogens with one attached hydrogen (secondary N) is 1. The molecule has 2 aromatic carbocycles. The molecule has 6 nitrogen and oxygen atoms in total. The quantitative estimate of drug-likeness (QED) is 0.542. The van der Waals surface area contributed by atoms with Crippen molar-refractivity contribution < 1.29 is 19.1 Å². The van der Waals surface area contributed by atoms with E-state index in [9.17, 15) is 9.59 Å². The molecule has 6 heteroatoms. The topological polar surface area (TPSA) is 67.9 Å². The lowest BCUT2D eigenvalue weighted by Gasteiger charge is -2.30. The van der Waals surface area contributed by atoms with Crippen molar-refractivity contribution in [1.82, 2.24) is 10.2 Å². The third kappa shape index (κ3) is 7.10. The van der Waals surface area contributed by atoms with E-state index in [4.69, 9.17) is 9.47 Å². The predicted octanol–water partition coefficient (Wildman–Crippen LogP) is 3.45. The predicted molar refractivity (Wildman–Crippen MR) is 118 cm³/mol. The molecule has 0 radical (unpaired) electrons. The molecule has 0 aliphatic heterocycles. The summed E-state index contributed by atoms with van der Waals surface area (Å²) in [5.74, 6) is 1.35. The van der Waals surface area contributed by atoms with Crippen molar-refractivity contribution in [2.45, 2.75) is 38.6 Å². The first-order chi connectivity index (χ1) is 14.6. The van der Waals surface area contributed by atoms with Gasteiger partial charge in [-0.3, -0.25) is 9.59 Å². The Bertz CT molecular complexity index is 778. The van der Waals surface area contributed by atoms with Crippen LogP contribution in [0.15, 0.2) is 54.6 Å². The van der Waals surface area contributed by atoms with Gasteiger partial charge in [0.2, 0.25) is 11.8 Å². The van der Waals surface area contributed by atoms with Crippen LogP contribution in [0.4, 0.5) is 0 Å². The summed E-state index contributed by atoms with van der Waals surface area (Å²) in [6.07, 6.45) is 2.19. The molecule has 0 saturated carbocycles. The van der Waals surface area contributed by atoms with Gasteiger partial charge in [-0.2, -0.15) is 0 Å². The van der Waals surface area contributed by atoms with Crippen molar-refractivity contribution in [2.24, 2.45) is 0 Å². The molecular weight excluding hydrogens is 380 g/mol. The van der Waals surface area contributed by atoms with E-state index in [-0.39, 0.29) is 11.8 Å². The van der Waals surface area contributed by atoms with Gasteiger partial charge in [-0.25, -0.2) is 0 Å². The molecule has 0 aliphatic carbocycles. The molecule has 162 valence electrons. The molecule has 2 amide bonds. The van der Waals surface area contributed by atoms with Crippen LogP contribution in [-0.2, 0) is 16.0 Å². The molecule has 0 fully saturated rings. The van der Waals surface area contributed by atoms with Gasteiger partial charge in [0.05, 0.1) is 13.7 Å². The van der Waals surface area contributed by atoms with Crippen LogP contribution in [0, 0.1) is 0 Å². The van der Waals surface area contributed by atoms with E-state index in [0.717, 1.165) is 17.1 Å². The third-order valence-electron chi connectivity index (χ3n) is 4.98. The van der Waals surface area contributed by atoms with Crippen LogP contribution < -0.4 is 14.8 Å². The van der Waals surface area contributed by atoms with Crippen LogP contribution in [0.2, 0.25) is 0 Å². The van der Waals surface area contributed by atoms with Gasteiger partial charge in [0.1, 0.15) is 17.5 Å². The van der Waals surface area contributed by atoms with Crippen molar-refractivity contribution in [3.63, 3.8) is 0 Å². The number of carbonyl (C=O) groups is 2. The van der Waals surface area contributed by atoms with E-state index in [1.807, 2.05) is 61.5 Å². The SMILES string of the molecule is CC[C@@H](C(=O)NC)N(CCc1ccccc1)C(=O)CCCOc1ccc(OC)cc1. The highest BCUT2D eigenvalue weighted by Gasteiger charge is 2.27. The number of amides is 2. The first kappa shape index (κ1) is 23.3. The van der Waals surface area contributed by atoms with Crippen molar-refractivity contribution in [3.05, 3.63) is 60.2 Å². The molecule has 0 aliphatic rings. The highest BCUT2D eigenvalue weighted by Crippen LogP contribution is 2.17. The summed E-state index contributed by atoms with van der Waals surface area (Å²) >= 11 is 0. The minimum atomic E-state index is -0.464. The normalized spacial score (nSPS) is 11.4. The van der Waals surface area contributed by atoms with Gasteiger partial charge in [-0.15, -0.1) is 0 Å². The lowest BCUT2D eigenvalue weighted by molar-refractivity contribution is -0.140. The Labute approximate surface area is 179 Å².